The van der Waals surface area contributed by atoms with Gasteiger partial charge < -0.3 is 9.13 Å². The Kier molecular flexibility index (Phi) is 10.9. The van der Waals surface area contributed by atoms with Crippen LogP contribution in [0.25, 0.3) is 171 Å². The molecule has 0 aliphatic carbocycles. The van der Waals surface area contributed by atoms with Gasteiger partial charge in [-0.25, -0.2) is 19.9 Å². The molecule has 0 atom stereocenters. The lowest BCUT2D eigenvalue weighted by atomic mass is 9.95. The summed E-state index contributed by atoms with van der Waals surface area (Å²) in [5.41, 5.74) is 14.8. The van der Waals surface area contributed by atoms with E-state index in [1.807, 2.05) is 36.4 Å². The number of nitrogens with zero attached hydrogens (tertiary/aromatic N) is 7. The maximum absolute atomic E-state index is 6.35. The smallest absolute Gasteiger partial charge is 0.164 e. The number of fused-ring (bicyclic) bond motifs is 15. The van der Waals surface area contributed by atoms with Crippen molar-refractivity contribution in [3.63, 3.8) is 0 Å². The summed E-state index contributed by atoms with van der Waals surface area (Å²) in [5.74, 6) is 2.58. The fourth-order valence-corrected chi connectivity index (χ4v) is 13.9. The Balaban J connectivity index is 1.06. The second-order valence-corrected chi connectivity index (χ2v) is 22.4. The number of hydrogen-bond donors (Lipinski definition) is 0. The number of para-hydroxylation sites is 3. The van der Waals surface area contributed by atoms with Crippen molar-refractivity contribution in [3.05, 3.63) is 297 Å². The molecule has 18 rings (SSSR count). The number of rotatable bonds is 8. The lowest BCUT2D eigenvalue weighted by Gasteiger charge is -2.26. The predicted molar refractivity (Wildman–Crippen MR) is 360 cm³/mol. The Bertz CT molecular complexity index is 5750. The molecule has 0 spiro atoms. The van der Waals surface area contributed by atoms with Crippen LogP contribution in [0.2, 0.25) is 0 Å². The molecule has 404 valence electrons. The first-order chi connectivity index (χ1) is 43.2. The van der Waals surface area contributed by atoms with Crippen molar-refractivity contribution in [1.29, 1.82) is 0 Å². The van der Waals surface area contributed by atoms with Gasteiger partial charge in [0.25, 0.3) is 0 Å². The maximum atomic E-state index is 6.35. The second kappa shape index (κ2) is 19.4. The van der Waals surface area contributed by atoms with E-state index in [2.05, 4.69) is 275 Å². The molecule has 0 unspecified atom stereocenters. The van der Waals surface area contributed by atoms with Crippen LogP contribution >= 0.6 is 0 Å². The SMILES string of the molecule is c1ccc(-c2nc(-c3ccccc3)nc(-c3ccc(-c4c(-n5c6ccccc6c6c7ccccc7ccc65)c(-c5ccccc5)nc(-n5c6ccccc6c6c7ccccc7ccc65)c4-n4c5ccccc5c5c6ccccc6ccc54)cc3)n2)cc1. The highest BCUT2D eigenvalue weighted by molar-refractivity contribution is 6.25. The van der Waals surface area contributed by atoms with Crippen LogP contribution in [0.1, 0.15) is 0 Å². The molecule has 5 aromatic heterocycles. The quantitative estimate of drug-likeness (QED) is 0.152. The third kappa shape index (κ3) is 7.49. The van der Waals surface area contributed by atoms with E-state index in [0.717, 1.165) is 106 Å². The van der Waals surface area contributed by atoms with E-state index in [4.69, 9.17) is 19.9 Å². The molecule has 7 heteroatoms. The van der Waals surface area contributed by atoms with Gasteiger partial charge in [-0.2, -0.15) is 0 Å². The Hall–Kier alpha value is -11.8. The predicted octanol–water partition coefficient (Wildman–Crippen LogP) is 20.4. The molecule has 0 aliphatic rings. The molecule has 0 saturated heterocycles. The summed E-state index contributed by atoms with van der Waals surface area (Å²) >= 11 is 0. The first kappa shape index (κ1) is 48.7. The van der Waals surface area contributed by atoms with Crippen LogP contribution in [0, 0.1) is 0 Å². The summed E-state index contributed by atoms with van der Waals surface area (Å²) in [5, 5.41) is 14.1. The summed E-state index contributed by atoms with van der Waals surface area (Å²) in [6.45, 7) is 0. The van der Waals surface area contributed by atoms with E-state index >= 15 is 0 Å². The van der Waals surface area contributed by atoms with Crippen LogP contribution in [0.15, 0.2) is 297 Å². The van der Waals surface area contributed by atoms with E-state index in [-0.39, 0.29) is 0 Å². The van der Waals surface area contributed by atoms with Gasteiger partial charge in [0.05, 0.1) is 50.2 Å². The second-order valence-electron chi connectivity index (χ2n) is 22.4. The number of hydrogen-bond acceptors (Lipinski definition) is 4. The van der Waals surface area contributed by atoms with E-state index in [1.165, 1.54) is 48.5 Å². The average Bonchev–Trinajstić information content (AvgIpc) is 1.77. The largest absolute Gasteiger partial charge is 0.306 e. The van der Waals surface area contributed by atoms with Crippen molar-refractivity contribution >= 4 is 97.7 Å². The zero-order valence-electron chi connectivity index (χ0n) is 46.9. The van der Waals surface area contributed by atoms with Gasteiger partial charge in [0.1, 0.15) is 0 Å². The average molecular weight is 1110 g/mol. The van der Waals surface area contributed by atoms with Crippen LogP contribution in [-0.4, -0.2) is 33.6 Å². The lowest BCUT2D eigenvalue weighted by molar-refractivity contribution is 1.01. The molecule has 13 aromatic carbocycles. The molecule has 0 saturated carbocycles. The van der Waals surface area contributed by atoms with Crippen molar-refractivity contribution < 1.29 is 0 Å². The van der Waals surface area contributed by atoms with E-state index < -0.39 is 0 Å². The Morgan fingerprint density at radius 3 is 0.966 bits per heavy atom. The molecular formula is C80H49N7. The number of benzene rings is 13. The topological polar surface area (TPSA) is 66.3 Å². The maximum Gasteiger partial charge on any atom is 0.164 e. The highest BCUT2D eigenvalue weighted by atomic mass is 15.1. The van der Waals surface area contributed by atoms with E-state index in [1.54, 1.807) is 0 Å². The van der Waals surface area contributed by atoms with Crippen molar-refractivity contribution in [1.82, 2.24) is 33.6 Å². The van der Waals surface area contributed by atoms with Crippen LogP contribution < -0.4 is 0 Å². The van der Waals surface area contributed by atoms with Crippen LogP contribution in [0.4, 0.5) is 0 Å². The van der Waals surface area contributed by atoms with Gasteiger partial charge in [0.2, 0.25) is 0 Å². The molecule has 7 nitrogen and oxygen atoms in total. The molecule has 87 heavy (non-hydrogen) atoms. The van der Waals surface area contributed by atoms with Gasteiger partial charge in [-0.05, 0) is 74.3 Å². The van der Waals surface area contributed by atoms with Gasteiger partial charge in [-0.3, -0.25) is 4.57 Å². The first-order valence-corrected chi connectivity index (χ1v) is 29.6. The molecule has 5 heterocycles. The van der Waals surface area contributed by atoms with Crippen molar-refractivity contribution in [2.24, 2.45) is 0 Å². The van der Waals surface area contributed by atoms with Crippen molar-refractivity contribution in [2.75, 3.05) is 0 Å². The third-order valence-electron chi connectivity index (χ3n) is 17.7. The van der Waals surface area contributed by atoms with Crippen LogP contribution in [-0.2, 0) is 0 Å². The number of pyridine rings is 1. The summed E-state index contributed by atoms with van der Waals surface area (Å²) in [7, 11) is 0. The minimum Gasteiger partial charge on any atom is -0.306 e. The van der Waals surface area contributed by atoms with E-state index in [9.17, 15) is 0 Å². The van der Waals surface area contributed by atoms with Crippen molar-refractivity contribution in [3.8, 4) is 73.7 Å². The summed E-state index contributed by atoms with van der Waals surface area (Å²) in [6.07, 6.45) is 0. The number of aromatic nitrogens is 7. The molecular weight excluding hydrogens is 1060 g/mol. The highest BCUT2D eigenvalue weighted by Crippen LogP contribution is 2.50. The minimum atomic E-state index is 0.580. The lowest BCUT2D eigenvalue weighted by Crippen LogP contribution is -2.13. The molecule has 0 N–H and O–H groups in total. The van der Waals surface area contributed by atoms with Gasteiger partial charge >= 0.3 is 0 Å². The molecule has 0 aliphatic heterocycles. The molecule has 18 aromatic rings. The van der Waals surface area contributed by atoms with Crippen molar-refractivity contribution in [2.45, 2.75) is 0 Å². The normalized spacial score (nSPS) is 11.9. The summed E-state index contributed by atoms with van der Waals surface area (Å²) < 4.78 is 7.48. The minimum absolute atomic E-state index is 0.580. The Morgan fingerprint density at radius 2 is 0.529 bits per heavy atom. The third-order valence-corrected chi connectivity index (χ3v) is 17.7. The fourth-order valence-electron chi connectivity index (χ4n) is 13.9. The molecule has 0 bridgehead atoms. The summed E-state index contributed by atoms with van der Waals surface area (Å²) in [6, 6.07) is 107. The first-order valence-electron chi connectivity index (χ1n) is 29.6. The molecule has 0 amide bonds. The fraction of sp³-hybridized carbons (Fsp3) is 0. The molecule has 0 radical (unpaired) electrons. The van der Waals surface area contributed by atoms with Crippen LogP contribution in [0.3, 0.4) is 0 Å². The molecule has 0 fully saturated rings. The standard InChI is InChI=1S/C80H49N7/c1-4-25-54(26-5-1)74-75(85-64-37-19-16-34-61(64)71-58-31-13-10-22-50(58)44-47-67(71)85)70(53-40-42-57(43-41-53)79-83-77(55-27-6-2-7-28-55)82-78(84-79)56-29-8-3-9-30-56)76(86-65-38-20-17-35-62(65)72-59-32-14-11-23-51(59)45-48-68(72)86)80(81-74)87-66-39-21-18-36-63(66)73-60-33-15-12-24-52(60)46-49-69(73)87/h1-49H. The van der Waals surface area contributed by atoms with Crippen LogP contribution in [0.5, 0.6) is 0 Å². The monoisotopic (exact) mass is 1110 g/mol. The zero-order chi connectivity index (χ0) is 57.1. The highest BCUT2D eigenvalue weighted by Gasteiger charge is 2.32. The van der Waals surface area contributed by atoms with Gasteiger partial charge in [0, 0.05) is 60.1 Å². The van der Waals surface area contributed by atoms with E-state index in [0.29, 0.717) is 17.5 Å². The Morgan fingerprint density at radius 1 is 0.207 bits per heavy atom. The Labute approximate surface area is 499 Å². The summed E-state index contributed by atoms with van der Waals surface area (Å²) in [4.78, 5) is 21.9. The van der Waals surface area contributed by atoms with Gasteiger partial charge in [-0.1, -0.05) is 261 Å². The van der Waals surface area contributed by atoms with Gasteiger partial charge in [-0.15, -0.1) is 0 Å². The zero-order valence-corrected chi connectivity index (χ0v) is 46.9. The van der Waals surface area contributed by atoms with Gasteiger partial charge in [0.15, 0.2) is 23.3 Å².